The minimum Gasteiger partial charge on any atom is -0.336 e. The van der Waals surface area contributed by atoms with Gasteiger partial charge in [-0.05, 0) is 18.9 Å². The third-order valence-corrected chi connectivity index (χ3v) is 3.09. The van der Waals surface area contributed by atoms with E-state index in [2.05, 4.69) is 6.07 Å². The average molecular weight is 202 g/mol. The van der Waals surface area contributed by atoms with Crippen LogP contribution in [0.15, 0.2) is 12.3 Å². The molecule has 0 aliphatic heterocycles. The highest BCUT2D eigenvalue weighted by Crippen LogP contribution is 2.29. The van der Waals surface area contributed by atoms with Crippen molar-refractivity contribution in [2.75, 3.05) is 0 Å². The van der Waals surface area contributed by atoms with Gasteiger partial charge in [-0.25, -0.2) is 0 Å². The molecule has 0 aromatic carbocycles. The fourth-order valence-corrected chi connectivity index (χ4v) is 2.32. The van der Waals surface area contributed by atoms with E-state index in [1.165, 1.54) is 19.3 Å². The first kappa shape index (κ1) is 9.97. The lowest BCUT2D eigenvalue weighted by Gasteiger charge is -2.23. The van der Waals surface area contributed by atoms with E-state index in [-0.39, 0.29) is 0 Å². The van der Waals surface area contributed by atoms with Crippen LogP contribution < -0.4 is 0 Å². The number of carbonyl (C=O) groups excluding carboxylic acids is 1. The number of hydrogen-bond donors (Lipinski definition) is 0. The van der Waals surface area contributed by atoms with Crippen molar-refractivity contribution in [2.24, 2.45) is 0 Å². The van der Waals surface area contributed by atoms with Crippen LogP contribution in [0.3, 0.4) is 0 Å². The maximum atomic E-state index is 10.6. The summed E-state index contributed by atoms with van der Waals surface area (Å²) in [5.74, 6) is 0. The molecule has 2 rings (SSSR count). The van der Waals surface area contributed by atoms with Crippen LogP contribution in [0.25, 0.3) is 0 Å². The van der Waals surface area contributed by atoms with Crippen LogP contribution in [0.5, 0.6) is 0 Å². The molecular formula is C12H14N2O. The van der Waals surface area contributed by atoms with Gasteiger partial charge in [0, 0.05) is 17.8 Å². The van der Waals surface area contributed by atoms with Crippen molar-refractivity contribution in [3.63, 3.8) is 0 Å². The number of hydrogen-bond acceptors (Lipinski definition) is 2. The van der Waals surface area contributed by atoms with Gasteiger partial charge in [0.2, 0.25) is 0 Å². The average Bonchev–Trinajstić information content (AvgIpc) is 2.73. The summed E-state index contributed by atoms with van der Waals surface area (Å²) in [4.78, 5) is 10.6. The molecule has 1 heterocycles. The quantitative estimate of drug-likeness (QED) is 0.692. The second-order valence-corrected chi connectivity index (χ2v) is 4.09. The molecule has 0 amide bonds. The fraction of sp³-hybridized carbons (Fsp3) is 0.500. The van der Waals surface area contributed by atoms with Crippen molar-refractivity contribution in [1.29, 1.82) is 5.26 Å². The van der Waals surface area contributed by atoms with Gasteiger partial charge in [-0.1, -0.05) is 19.3 Å². The van der Waals surface area contributed by atoms with E-state index in [1.54, 1.807) is 6.07 Å². The summed E-state index contributed by atoms with van der Waals surface area (Å²) in [5, 5.41) is 8.97. The van der Waals surface area contributed by atoms with Crippen LogP contribution in [0.4, 0.5) is 0 Å². The van der Waals surface area contributed by atoms with E-state index in [4.69, 9.17) is 5.26 Å². The van der Waals surface area contributed by atoms with Crippen molar-refractivity contribution in [3.8, 4) is 6.07 Å². The molecule has 0 bridgehead atoms. The van der Waals surface area contributed by atoms with Gasteiger partial charge in [0.25, 0.3) is 0 Å². The molecule has 1 aliphatic rings. The normalized spacial score (nSPS) is 17.3. The SMILES string of the molecule is N#Cc1cc(C=O)cn1C1CCCCC1. The summed E-state index contributed by atoms with van der Waals surface area (Å²) in [6, 6.07) is 4.24. The predicted molar refractivity (Wildman–Crippen MR) is 56.7 cm³/mol. The zero-order valence-electron chi connectivity index (χ0n) is 8.65. The molecule has 0 atom stereocenters. The lowest BCUT2D eigenvalue weighted by molar-refractivity contribution is 0.112. The molecule has 0 unspecified atom stereocenters. The monoisotopic (exact) mass is 202 g/mol. The molecule has 1 aromatic rings. The lowest BCUT2D eigenvalue weighted by Crippen LogP contribution is -2.13. The maximum Gasteiger partial charge on any atom is 0.151 e. The smallest absolute Gasteiger partial charge is 0.151 e. The molecule has 0 N–H and O–H groups in total. The number of nitrogens with zero attached hydrogens (tertiary/aromatic N) is 2. The highest BCUT2D eigenvalue weighted by Gasteiger charge is 2.18. The molecule has 3 heteroatoms. The first-order valence-electron chi connectivity index (χ1n) is 5.42. The topological polar surface area (TPSA) is 45.8 Å². The molecule has 0 radical (unpaired) electrons. The molecule has 0 saturated heterocycles. The first-order chi connectivity index (χ1) is 7.35. The van der Waals surface area contributed by atoms with Crippen molar-refractivity contribution >= 4 is 6.29 Å². The van der Waals surface area contributed by atoms with Crippen LogP contribution in [0.1, 0.15) is 54.2 Å². The van der Waals surface area contributed by atoms with Crippen molar-refractivity contribution in [3.05, 3.63) is 23.5 Å². The Labute approximate surface area is 89.3 Å². The first-order valence-corrected chi connectivity index (χ1v) is 5.42. The second-order valence-electron chi connectivity index (χ2n) is 4.09. The van der Waals surface area contributed by atoms with Gasteiger partial charge in [0.05, 0.1) is 0 Å². The fourth-order valence-electron chi connectivity index (χ4n) is 2.32. The Balaban J connectivity index is 2.29. The van der Waals surface area contributed by atoms with E-state index < -0.39 is 0 Å². The molecular weight excluding hydrogens is 188 g/mol. The number of aromatic nitrogens is 1. The molecule has 78 valence electrons. The van der Waals surface area contributed by atoms with Crippen molar-refractivity contribution in [1.82, 2.24) is 4.57 Å². The Bertz CT molecular complexity index is 394. The van der Waals surface area contributed by atoms with E-state index in [0.29, 0.717) is 17.3 Å². The van der Waals surface area contributed by atoms with E-state index >= 15 is 0 Å². The molecule has 3 nitrogen and oxygen atoms in total. The Hall–Kier alpha value is -1.56. The van der Waals surface area contributed by atoms with E-state index in [9.17, 15) is 4.79 Å². The van der Waals surface area contributed by atoms with Crippen molar-refractivity contribution in [2.45, 2.75) is 38.1 Å². The number of aldehydes is 1. The summed E-state index contributed by atoms with van der Waals surface area (Å²) in [7, 11) is 0. The highest BCUT2D eigenvalue weighted by atomic mass is 16.1. The number of rotatable bonds is 2. The molecule has 1 fully saturated rings. The van der Waals surface area contributed by atoms with Crippen LogP contribution in [0.2, 0.25) is 0 Å². The molecule has 1 aromatic heterocycles. The molecule has 1 aliphatic carbocycles. The van der Waals surface area contributed by atoms with Crippen LogP contribution >= 0.6 is 0 Å². The Morgan fingerprint density at radius 2 is 2.13 bits per heavy atom. The molecule has 1 saturated carbocycles. The third kappa shape index (κ3) is 1.94. The summed E-state index contributed by atoms with van der Waals surface area (Å²) in [6.07, 6.45) is 8.61. The van der Waals surface area contributed by atoms with Gasteiger partial charge < -0.3 is 4.57 Å². The van der Waals surface area contributed by atoms with Gasteiger partial charge in [-0.2, -0.15) is 5.26 Å². The van der Waals surface area contributed by atoms with Gasteiger partial charge >= 0.3 is 0 Å². The summed E-state index contributed by atoms with van der Waals surface area (Å²) >= 11 is 0. The summed E-state index contributed by atoms with van der Waals surface area (Å²) in [5.41, 5.74) is 1.22. The van der Waals surface area contributed by atoms with Crippen LogP contribution in [-0.2, 0) is 0 Å². The zero-order valence-corrected chi connectivity index (χ0v) is 8.65. The van der Waals surface area contributed by atoms with Gasteiger partial charge in [0.1, 0.15) is 11.8 Å². The van der Waals surface area contributed by atoms with Gasteiger partial charge in [-0.3, -0.25) is 4.79 Å². The second kappa shape index (κ2) is 4.31. The van der Waals surface area contributed by atoms with Crippen LogP contribution in [0, 0.1) is 11.3 Å². The Kier molecular flexibility index (Phi) is 2.86. The lowest BCUT2D eigenvalue weighted by atomic mass is 9.95. The maximum absolute atomic E-state index is 10.6. The number of carbonyl (C=O) groups is 1. The van der Waals surface area contributed by atoms with Crippen molar-refractivity contribution < 1.29 is 4.79 Å². The van der Waals surface area contributed by atoms with E-state index in [0.717, 1.165) is 19.1 Å². The van der Waals surface area contributed by atoms with Gasteiger partial charge in [-0.15, -0.1) is 0 Å². The highest BCUT2D eigenvalue weighted by molar-refractivity contribution is 5.75. The standard InChI is InChI=1S/C12H14N2O/c13-7-12-6-10(9-15)8-14(12)11-4-2-1-3-5-11/h6,8-9,11H,1-5H2. The predicted octanol–water partition coefficient (Wildman–Crippen LogP) is 2.68. The molecule has 0 spiro atoms. The Morgan fingerprint density at radius 3 is 2.73 bits per heavy atom. The minimum atomic E-state index is 0.419. The summed E-state index contributed by atoms with van der Waals surface area (Å²) in [6.45, 7) is 0. The molecule has 15 heavy (non-hydrogen) atoms. The summed E-state index contributed by atoms with van der Waals surface area (Å²) < 4.78 is 1.98. The van der Waals surface area contributed by atoms with Gasteiger partial charge in [0.15, 0.2) is 6.29 Å². The van der Waals surface area contributed by atoms with Crippen LogP contribution in [-0.4, -0.2) is 10.9 Å². The zero-order chi connectivity index (χ0) is 10.7. The largest absolute Gasteiger partial charge is 0.336 e. The Morgan fingerprint density at radius 1 is 1.40 bits per heavy atom. The van der Waals surface area contributed by atoms with E-state index in [1.807, 2.05) is 10.8 Å². The number of nitriles is 1. The third-order valence-electron chi connectivity index (χ3n) is 3.09. The minimum absolute atomic E-state index is 0.419.